The lowest BCUT2D eigenvalue weighted by Gasteiger charge is -2.15. The lowest BCUT2D eigenvalue weighted by Crippen LogP contribution is -2.21. The summed E-state index contributed by atoms with van der Waals surface area (Å²) in [6.07, 6.45) is 1.43. The predicted molar refractivity (Wildman–Crippen MR) is 65.3 cm³/mol. The van der Waals surface area contributed by atoms with Crippen LogP contribution in [0.4, 0.5) is 5.82 Å². The Hall–Kier alpha value is -1.36. The highest BCUT2D eigenvalue weighted by Gasteiger charge is 2.23. The van der Waals surface area contributed by atoms with Gasteiger partial charge in [0.2, 0.25) is 5.88 Å². The van der Waals surface area contributed by atoms with Gasteiger partial charge >= 0.3 is 0 Å². The number of hydrogen-bond acceptors (Lipinski definition) is 5. The SMILES string of the molecule is COc1cc(NCC2CCOC2C)nc(C)n1. The highest BCUT2D eigenvalue weighted by atomic mass is 16.5. The maximum atomic E-state index is 5.53. The Labute approximate surface area is 102 Å². The number of hydrogen-bond donors (Lipinski definition) is 1. The molecule has 1 aromatic rings. The quantitative estimate of drug-likeness (QED) is 0.862. The van der Waals surface area contributed by atoms with E-state index in [4.69, 9.17) is 9.47 Å². The van der Waals surface area contributed by atoms with Gasteiger partial charge in [0.15, 0.2) is 0 Å². The van der Waals surface area contributed by atoms with Gasteiger partial charge in [-0.3, -0.25) is 0 Å². The first-order chi connectivity index (χ1) is 8.19. The van der Waals surface area contributed by atoms with Crippen LogP contribution in [0.3, 0.4) is 0 Å². The third kappa shape index (κ3) is 3.06. The Morgan fingerprint density at radius 1 is 1.53 bits per heavy atom. The molecule has 2 atom stereocenters. The molecule has 5 nitrogen and oxygen atoms in total. The highest BCUT2D eigenvalue weighted by molar-refractivity contribution is 5.38. The number of aryl methyl sites for hydroxylation is 1. The maximum absolute atomic E-state index is 5.53. The third-order valence-corrected chi connectivity index (χ3v) is 3.10. The molecule has 0 amide bonds. The van der Waals surface area contributed by atoms with Crippen molar-refractivity contribution in [3.8, 4) is 5.88 Å². The van der Waals surface area contributed by atoms with Crippen molar-refractivity contribution >= 4 is 5.82 Å². The van der Waals surface area contributed by atoms with E-state index < -0.39 is 0 Å². The number of methoxy groups -OCH3 is 1. The van der Waals surface area contributed by atoms with E-state index in [1.165, 1.54) is 0 Å². The van der Waals surface area contributed by atoms with Gasteiger partial charge in [0.1, 0.15) is 11.6 Å². The summed E-state index contributed by atoms with van der Waals surface area (Å²) >= 11 is 0. The van der Waals surface area contributed by atoms with Gasteiger partial charge < -0.3 is 14.8 Å². The fraction of sp³-hybridized carbons (Fsp3) is 0.667. The monoisotopic (exact) mass is 237 g/mol. The standard InChI is InChI=1S/C12H19N3O2/c1-8-10(4-5-17-8)7-13-11-6-12(16-3)15-9(2)14-11/h6,8,10H,4-5,7H2,1-3H3,(H,13,14,15). The van der Waals surface area contributed by atoms with Crippen LogP contribution in [0.25, 0.3) is 0 Å². The molecule has 5 heteroatoms. The van der Waals surface area contributed by atoms with Crippen LogP contribution in [-0.4, -0.2) is 36.3 Å². The largest absolute Gasteiger partial charge is 0.481 e. The minimum atomic E-state index is 0.326. The molecular weight excluding hydrogens is 218 g/mol. The Bertz CT molecular complexity index is 384. The second-order valence-electron chi connectivity index (χ2n) is 4.35. The van der Waals surface area contributed by atoms with Crippen LogP contribution in [0.5, 0.6) is 5.88 Å². The summed E-state index contributed by atoms with van der Waals surface area (Å²) in [7, 11) is 1.61. The molecule has 94 valence electrons. The molecule has 1 fully saturated rings. The van der Waals surface area contributed by atoms with Crippen LogP contribution in [0.15, 0.2) is 6.07 Å². The molecule has 1 aromatic heterocycles. The van der Waals surface area contributed by atoms with Gasteiger partial charge in [-0.1, -0.05) is 0 Å². The summed E-state index contributed by atoms with van der Waals surface area (Å²) in [4.78, 5) is 8.47. The number of anilines is 1. The van der Waals surface area contributed by atoms with Gasteiger partial charge in [-0.05, 0) is 20.3 Å². The van der Waals surface area contributed by atoms with Gasteiger partial charge in [0.25, 0.3) is 0 Å². The smallest absolute Gasteiger partial charge is 0.218 e. The molecule has 0 saturated carbocycles. The molecule has 0 radical (unpaired) electrons. The first kappa shape index (κ1) is 12.1. The van der Waals surface area contributed by atoms with E-state index in [1.807, 2.05) is 13.0 Å². The van der Waals surface area contributed by atoms with E-state index in [-0.39, 0.29) is 0 Å². The summed E-state index contributed by atoms with van der Waals surface area (Å²) in [6, 6.07) is 1.81. The fourth-order valence-electron chi connectivity index (χ4n) is 2.02. The van der Waals surface area contributed by atoms with Crippen molar-refractivity contribution in [2.24, 2.45) is 5.92 Å². The molecule has 0 bridgehead atoms. The van der Waals surface area contributed by atoms with Gasteiger partial charge in [-0.25, -0.2) is 4.98 Å². The molecule has 2 rings (SSSR count). The molecule has 2 heterocycles. The van der Waals surface area contributed by atoms with Gasteiger partial charge in [0.05, 0.1) is 13.2 Å². The zero-order valence-electron chi connectivity index (χ0n) is 10.6. The molecule has 1 aliphatic rings. The van der Waals surface area contributed by atoms with E-state index in [1.54, 1.807) is 7.11 Å². The molecule has 1 saturated heterocycles. The van der Waals surface area contributed by atoms with E-state index >= 15 is 0 Å². The van der Waals surface area contributed by atoms with Crippen molar-refractivity contribution < 1.29 is 9.47 Å². The minimum absolute atomic E-state index is 0.326. The third-order valence-electron chi connectivity index (χ3n) is 3.10. The van der Waals surface area contributed by atoms with Crippen LogP contribution in [0, 0.1) is 12.8 Å². The molecule has 0 aliphatic carbocycles. The Morgan fingerprint density at radius 3 is 3.00 bits per heavy atom. The summed E-state index contributed by atoms with van der Waals surface area (Å²) < 4.78 is 10.6. The van der Waals surface area contributed by atoms with Crippen molar-refractivity contribution in [1.29, 1.82) is 0 Å². The fourth-order valence-corrected chi connectivity index (χ4v) is 2.02. The van der Waals surface area contributed by atoms with Crippen molar-refractivity contribution in [2.45, 2.75) is 26.4 Å². The second-order valence-corrected chi connectivity index (χ2v) is 4.35. The summed E-state index contributed by atoms with van der Waals surface area (Å²) in [5, 5.41) is 3.32. The van der Waals surface area contributed by atoms with E-state index in [0.29, 0.717) is 23.7 Å². The summed E-state index contributed by atoms with van der Waals surface area (Å²) in [5.41, 5.74) is 0. The number of nitrogens with one attached hydrogen (secondary N) is 1. The van der Waals surface area contributed by atoms with Gasteiger partial charge in [-0.15, -0.1) is 0 Å². The molecule has 1 aliphatic heterocycles. The number of nitrogens with zero attached hydrogens (tertiary/aromatic N) is 2. The van der Waals surface area contributed by atoms with Crippen LogP contribution in [0.1, 0.15) is 19.2 Å². The number of rotatable bonds is 4. The number of ether oxygens (including phenoxy) is 2. The van der Waals surface area contributed by atoms with Crippen LogP contribution in [-0.2, 0) is 4.74 Å². The zero-order valence-corrected chi connectivity index (χ0v) is 10.6. The van der Waals surface area contributed by atoms with Crippen LogP contribution >= 0.6 is 0 Å². The van der Waals surface area contributed by atoms with Crippen molar-refractivity contribution in [1.82, 2.24) is 9.97 Å². The average Bonchev–Trinajstić information content (AvgIpc) is 2.71. The van der Waals surface area contributed by atoms with Crippen LogP contribution in [0.2, 0.25) is 0 Å². The molecule has 2 unspecified atom stereocenters. The van der Waals surface area contributed by atoms with E-state index in [0.717, 1.165) is 25.4 Å². The lowest BCUT2D eigenvalue weighted by molar-refractivity contribution is 0.108. The molecular formula is C12H19N3O2. The zero-order chi connectivity index (χ0) is 12.3. The first-order valence-corrected chi connectivity index (χ1v) is 5.94. The van der Waals surface area contributed by atoms with Crippen molar-refractivity contribution in [3.63, 3.8) is 0 Å². The van der Waals surface area contributed by atoms with Crippen LogP contribution < -0.4 is 10.1 Å². The van der Waals surface area contributed by atoms with E-state index in [2.05, 4.69) is 22.2 Å². The maximum Gasteiger partial charge on any atom is 0.218 e. The molecule has 17 heavy (non-hydrogen) atoms. The molecule has 1 N–H and O–H groups in total. The topological polar surface area (TPSA) is 56.3 Å². The minimum Gasteiger partial charge on any atom is -0.481 e. The van der Waals surface area contributed by atoms with Gasteiger partial charge in [-0.2, -0.15) is 4.98 Å². The van der Waals surface area contributed by atoms with Crippen molar-refractivity contribution in [3.05, 3.63) is 11.9 Å². The Morgan fingerprint density at radius 2 is 2.35 bits per heavy atom. The normalized spacial score (nSPS) is 23.7. The average molecular weight is 237 g/mol. The Kier molecular flexibility index (Phi) is 3.78. The number of aromatic nitrogens is 2. The molecule has 0 spiro atoms. The summed E-state index contributed by atoms with van der Waals surface area (Å²) in [5.74, 6) is 2.67. The van der Waals surface area contributed by atoms with Crippen molar-refractivity contribution in [2.75, 3.05) is 25.6 Å². The summed E-state index contributed by atoms with van der Waals surface area (Å²) in [6.45, 7) is 5.71. The van der Waals surface area contributed by atoms with Gasteiger partial charge in [0, 0.05) is 25.1 Å². The first-order valence-electron chi connectivity index (χ1n) is 5.94. The Balaban J connectivity index is 1.96. The lowest BCUT2D eigenvalue weighted by atomic mass is 10.0. The highest BCUT2D eigenvalue weighted by Crippen LogP contribution is 2.21. The van der Waals surface area contributed by atoms with E-state index in [9.17, 15) is 0 Å². The predicted octanol–water partition coefficient (Wildman–Crippen LogP) is 1.63. The molecule has 0 aromatic carbocycles. The second kappa shape index (κ2) is 5.31.